The molecule has 2 unspecified atom stereocenters. The molecule has 0 radical (unpaired) electrons. The number of aromatic nitrogens is 1. The number of rotatable bonds is 4. The van der Waals surface area contributed by atoms with Gasteiger partial charge in [0.15, 0.2) is 0 Å². The van der Waals surface area contributed by atoms with Crippen LogP contribution in [0.2, 0.25) is 0 Å². The predicted octanol–water partition coefficient (Wildman–Crippen LogP) is 5.83. The number of allylic oxidation sites excluding steroid dienone is 1. The summed E-state index contributed by atoms with van der Waals surface area (Å²) in [6, 6.07) is 15.4. The van der Waals surface area contributed by atoms with Gasteiger partial charge >= 0.3 is 0 Å². The van der Waals surface area contributed by atoms with E-state index in [-0.39, 0.29) is 0 Å². The number of nitrogens with zero attached hydrogens (tertiary/aromatic N) is 1. The molecule has 0 saturated heterocycles. The number of pyridine rings is 1. The van der Waals surface area contributed by atoms with Crippen LogP contribution in [0.25, 0.3) is 10.8 Å². The van der Waals surface area contributed by atoms with E-state index in [0.29, 0.717) is 17.8 Å². The van der Waals surface area contributed by atoms with E-state index in [4.69, 9.17) is 0 Å². The lowest BCUT2D eigenvalue weighted by atomic mass is 10.1. The molecule has 4 rings (SSSR count). The van der Waals surface area contributed by atoms with Gasteiger partial charge in [0.1, 0.15) is 0 Å². The highest BCUT2D eigenvalue weighted by Crippen LogP contribution is 2.57. The maximum absolute atomic E-state index is 4.33. The normalized spacial score (nSPS) is 22.0. The monoisotopic (exact) mass is 328 g/mol. The molecule has 1 aliphatic rings. The molecular formula is C23H24N2. The van der Waals surface area contributed by atoms with Crippen LogP contribution < -0.4 is 5.32 Å². The van der Waals surface area contributed by atoms with Gasteiger partial charge in [-0.2, -0.15) is 0 Å². The first kappa shape index (κ1) is 15.9. The SMILES string of the molecule is C=C(Nc1ccc2cncc(C)c2c1)[C@@H]1C(C)C1c1ccc(C)cc1. The van der Waals surface area contributed by atoms with Crippen molar-refractivity contribution in [2.75, 3.05) is 5.32 Å². The molecule has 0 spiro atoms. The molecule has 2 nitrogen and oxygen atoms in total. The fraction of sp³-hybridized carbons (Fsp3) is 0.261. The first-order valence-corrected chi connectivity index (χ1v) is 8.91. The van der Waals surface area contributed by atoms with Crippen LogP contribution in [0.3, 0.4) is 0 Å². The Morgan fingerprint density at radius 2 is 1.80 bits per heavy atom. The smallest absolute Gasteiger partial charge is 0.0388 e. The Balaban J connectivity index is 1.52. The largest absolute Gasteiger partial charge is 0.359 e. The van der Waals surface area contributed by atoms with Crippen molar-refractivity contribution in [3.8, 4) is 0 Å². The molecule has 3 aromatic rings. The third-order valence-electron chi connectivity index (χ3n) is 5.51. The Kier molecular flexibility index (Phi) is 3.84. The van der Waals surface area contributed by atoms with Gasteiger partial charge in [0.25, 0.3) is 0 Å². The lowest BCUT2D eigenvalue weighted by molar-refractivity contribution is 0.861. The van der Waals surface area contributed by atoms with Crippen molar-refractivity contribution in [2.45, 2.75) is 26.7 Å². The summed E-state index contributed by atoms with van der Waals surface area (Å²) < 4.78 is 0. The lowest BCUT2D eigenvalue weighted by Crippen LogP contribution is -2.02. The van der Waals surface area contributed by atoms with Crippen molar-refractivity contribution in [3.05, 3.63) is 83.8 Å². The fourth-order valence-corrected chi connectivity index (χ4v) is 3.95. The number of nitrogens with one attached hydrogen (secondary N) is 1. The van der Waals surface area contributed by atoms with Crippen LogP contribution in [0.1, 0.15) is 29.5 Å². The van der Waals surface area contributed by atoms with E-state index >= 15 is 0 Å². The van der Waals surface area contributed by atoms with Gasteiger partial charge in [0, 0.05) is 35.1 Å². The molecular weight excluding hydrogens is 304 g/mol. The molecule has 1 N–H and O–H groups in total. The minimum absolute atomic E-state index is 0.497. The molecule has 0 amide bonds. The maximum Gasteiger partial charge on any atom is 0.0388 e. The molecule has 0 aliphatic heterocycles. The Morgan fingerprint density at radius 3 is 2.56 bits per heavy atom. The lowest BCUT2D eigenvalue weighted by Gasteiger charge is -2.11. The fourth-order valence-electron chi connectivity index (χ4n) is 3.95. The highest BCUT2D eigenvalue weighted by atomic mass is 14.9. The van der Waals surface area contributed by atoms with E-state index in [1.807, 2.05) is 12.4 Å². The van der Waals surface area contributed by atoms with Gasteiger partial charge in [0.2, 0.25) is 0 Å². The summed E-state index contributed by atoms with van der Waals surface area (Å²) in [5, 5.41) is 5.97. The van der Waals surface area contributed by atoms with Crippen molar-refractivity contribution < 1.29 is 0 Å². The van der Waals surface area contributed by atoms with Crippen LogP contribution in [-0.2, 0) is 0 Å². The summed E-state index contributed by atoms with van der Waals surface area (Å²) in [5.74, 6) is 1.71. The third-order valence-corrected chi connectivity index (χ3v) is 5.51. The molecule has 1 aromatic heterocycles. The van der Waals surface area contributed by atoms with Crippen molar-refractivity contribution >= 4 is 16.5 Å². The van der Waals surface area contributed by atoms with E-state index in [2.05, 4.69) is 80.1 Å². The zero-order chi connectivity index (χ0) is 17.6. The molecule has 2 heteroatoms. The molecule has 1 heterocycles. The van der Waals surface area contributed by atoms with Crippen LogP contribution in [0, 0.1) is 25.7 Å². The zero-order valence-electron chi connectivity index (χ0n) is 15.1. The summed E-state index contributed by atoms with van der Waals surface area (Å²) in [5.41, 5.74) is 6.15. The first-order valence-electron chi connectivity index (χ1n) is 8.91. The summed E-state index contributed by atoms with van der Waals surface area (Å²) in [4.78, 5) is 4.26. The maximum atomic E-state index is 4.33. The quantitative estimate of drug-likeness (QED) is 0.652. The summed E-state index contributed by atoms with van der Waals surface area (Å²) in [6.45, 7) is 10.9. The van der Waals surface area contributed by atoms with Crippen molar-refractivity contribution in [1.82, 2.24) is 4.98 Å². The topological polar surface area (TPSA) is 24.9 Å². The van der Waals surface area contributed by atoms with Gasteiger partial charge in [-0.3, -0.25) is 4.98 Å². The standard InChI is InChI=1S/C23H24N2/c1-14-5-7-18(8-6-14)23-16(3)22(23)17(4)25-20-10-9-19-13-24-12-15(2)21(19)11-20/h5-13,16,22-23,25H,4H2,1-3H3/t16?,22-,23?/m0/s1. The second kappa shape index (κ2) is 6.03. The summed E-state index contributed by atoms with van der Waals surface area (Å²) in [7, 11) is 0. The Hall–Kier alpha value is -2.61. The van der Waals surface area contributed by atoms with E-state index in [9.17, 15) is 0 Å². The van der Waals surface area contributed by atoms with Crippen LogP contribution in [-0.4, -0.2) is 4.98 Å². The molecule has 1 fully saturated rings. The molecule has 1 aliphatic carbocycles. The highest BCUT2D eigenvalue weighted by Gasteiger charge is 2.49. The number of hydrogen-bond donors (Lipinski definition) is 1. The minimum atomic E-state index is 0.497. The van der Waals surface area contributed by atoms with E-state index in [1.165, 1.54) is 27.5 Å². The van der Waals surface area contributed by atoms with Gasteiger partial charge in [-0.15, -0.1) is 0 Å². The molecule has 2 aromatic carbocycles. The predicted molar refractivity (Wildman–Crippen MR) is 106 cm³/mol. The van der Waals surface area contributed by atoms with Crippen LogP contribution >= 0.6 is 0 Å². The molecule has 3 atom stereocenters. The second-order valence-corrected chi connectivity index (χ2v) is 7.36. The summed E-state index contributed by atoms with van der Waals surface area (Å²) in [6.07, 6.45) is 3.83. The highest BCUT2D eigenvalue weighted by molar-refractivity contribution is 5.87. The van der Waals surface area contributed by atoms with Gasteiger partial charge in [0.05, 0.1) is 0 Å². The average Bonchev–Trinajstić information content (AvgIpc) is 3.27. The summed E-state index contributed by atoms with van der Waals surface area (Å²) >= 11 is 0. The first-order chi connectivity index (χ1) is 12.0. The van der Waals surface area contributed by atoms with Crippen molar-refractivity contribution in [1.29, 1.82) is 0 Å². The van der Waals surface area contributed by atoms with Crippen molar-refractivity contribution in [3.63, 3.8) is 0 Å². The van der Waals surface area contributed by atoms with Crippen molar-refractivity contribution in [2.24, 2.45) is 11.8 Å². The average molecular weight is 328 g/mol. The number of benzene rings is 2. The van der Waals surface area contributed by atoms with Crippen LogP contribution in [0.15, 0.2) is 67.1 Å². The zero-order valence-corrected chi connectivity index (χ0v) is 15.1. The Bertz CT molecular complexity index is 940. The van der Waals surface area contributed by atoms with Gasteiger partial charge < -0.3 is 5.32 Å². The van der Waals surface area contributed by atoms with Crippen LogP contribution in [0.4, 0.5) is 5.69 Å². The van der Waals surface area contributed by atoms with Gasteiger partial charge in [-0.05, 0) is 54.3 Å². The number of aryl methyl sites for hydroxylation is 2. The number of hydrogen-bond acceptors (Lipinski definition) is 2. The van der Waals surface area contributed by atoms with E-state index < -0.39 is 0 Å². The Labute approximate surface area is 149 Å². The van der Waals surface area contributed by atoms with E-state index in [0.717, 1.165) is 11.4 Å². The molecule has 126 valence electrons. The molecule has 25 heavy (non-hydrogen) atoms. The minimum Gasteiger partial charge on any atom is -0.359 e. The number of anilines is 1. The van der Waals surface area contributed by atoms with Gasteiger partial charge in [-0.1, -0.05) is 49.4 Å². The van der Waals surface area contributed by atoms with Crippen LogP contribution in [0.5, 0.6) is 0 Å². The van der Waals surface area contributed by atoms with E-state index in [1.54, 1.807) is 0 Å². The number of fused-ring (bicyclic) bond motifs is 1. The van der Waals surface area contributed by atoms with Gasteiger partial charge in [-0.25, -0.2) is 0 Å². The second-order valence-electron chi connectivity index (χ2n) is 7.36. The third kappa shape index (κ3) is 2.93. The molecule has 0 bridgehead atoms. The Morgan fingerprint density at radius 1 is 1.04 bits per heavy atom. The molecule has 1 saturated carbocycles.